The van der Waals surface area contributed by atoms with E-state index in [0.29, 0.717) is 0 Å². The summed E-state index contributed by atoms with van der Waals surface area (Å²) in [6, 6.07) is 8.00. The van der Waals surface area contributed by atoms with Crippen LogP contribution in [0.4, 0.5) is 0 Å². The second kappa shape index (κ2) is 3.66. The van der Waals surface area contributed by atoms with Gasteiger partial charge in [-0.05, 0) is 31.9 Å². The van der Waals surface area contributed by atoms with Crippen molar-refractivity contribution < 1.29 is 4.79 Å². The summed E-state index contributed by atoms with van der Waals surface area (Å²) in [5.74, 6) is -0.274. The average molecular weight is 204 g/mol. The van der Waals surface area contributed by atoms with E-state index in [2.05, 4.69) is 5.32 Å². The highest BCUT2D eigenvalue weighted by atomic mass is 16.1. The highest BCUT2D eigenvalue weighted by Gasteiger charge is 2.40. The molecule has 3 N–H and O–H groups in total. The SMILES string of the molecule is Cc1ccc(C2(C(N)=O)CCCN2)cc1. The van der Waals surface area contributed by atoms with Crippen LogP contribution >= 0.6 is 0 Å². The third kappa shape index (κ3) is 1.63. The fourth-order valence-corrected chi connectivity index (χ4v) is 2.18. The lowest BCUT2D eigenvalue weighted by atomic mass is 9.87. The summed E-state index contributed by atoms with van der Waals surface area (Å²) in [7, 11) is 0. The van der Waals surface area contributed by atoms with Crippen molar-refractivity contribution in [1.82, 2.24) is 5.32 Å². The fourth-order valence-electron chi connectivity index (χ4n) is 2.18. The number of carbonyl (C=O) groups excluding carboxylic acids is 1. The number of nitrogens with one attached hydrogen (secondary N) is 1. The van der Waals surface area contributed by atoms with Gasteiger partial charge in [-0.1, -0.05) is 29.8 Å². The molecule has 3 heteroatoms. The topological polar surface area (TPSA) is 55.1 Å². The van der Waals surface area contributed by atoms with Crippen LogP contribution in [0.5, 0.6) is 0 Å². The molecule has 1 amide bonds. The molecule has 0 aliphatic carbocycles. The minimum atomic E-state index is -0.631. The van der Waals surface area contributed by atoms with E-state index in [4.69, 9.17) is 5.73 Å². The highest BCUT2D eigenvalue weighted by Crippen LogP contribution is 2.30. The smallest absolute Gasteiger partial charge is 0.242 e. The molecule has 1 aliphatic heterocycles. The number of benzene rings is 1. The van der Waals surface area contributed by atoms with E-state index in [9.17, 15) is 4.79 Å². The van der Waals surface area contributed by atoms with Crippen LogP contribution in [0, 0.1) is 6.92 Å². The molecule has 15 heavy (non-hydrogen) atoms. The molecule has 0 bridgehead atoms. The molecular formula is C12H16N2O. The van der Waals surface area contributed by atoms with Gasteiger partial charge in [0.15, 0.2) is 0 Å². The van der Waals surface area contributed by atoms with E-state index >= 15 is 0 Å². The van der Waals surface area contributed by atoms with E-state index in [1.54, 1.807) is 0 Å². The van der Waals surface area contributed by atoms with E-state index < -0.39 is 5.54 Å². The minimum absolute atomic E-state index is 0.274. The Labute approximate surface area is 89.7 Å². The molecule has 0 saturated carbocycles. The molecule has 0 radical (unpaired) electrons. The fraction of sp³-hybridized carbons (Fsp3) is 0.417. The van der Waals surface area contributed by atoms with Crippen LogP contribution in [0.3, 0.4) is 0 Å². The van der Waals surface area contributed by atoms with Crippen molar-refractivity contribution in [2.24, 2.45) is 5.73 Å². The van der Waals surface area contributed by atoms with Gasteiger partial charge in [0.05, 0.1) is 0 Å². The first-order valence-corrected chi connectivity index (χ1v) is 5.27. The van der Waals surface area contributed by atoms with Crippen LogP contribution in [0.2, 0.25) is 0 Å². The Morgan fingerprint density at radius 3 is 2.53 bits per heavy atom. The zero-order chi connectivity index (χ0) is 10.9. The molecule has 1 saturated heterocycles. The van der Waals surface area contributed by atoms with Gasteiger partial charge in [-0.2, -0.15) is 0 Å². The lowest BCUT2D eigenvalue weighted by molar-refractivity contribution is -0.124. The largest absolute Gasteiger partial charge is 0.368 e. The Balaban J connectivity index is 2.41. The number of rotatable bonds is 2. The normalized spacial score (nSPS) is 25.4. The van der Waals surface area contributed by atoms with E-state index in [0.717, 1.165) is 24.9 Å². The second-order valence-corrected chi connectivity index (χ2v) is 4.17. The predicted octanol–water partition coefficient (Wildman–Crippen LogP) is 1.06. The number of aryl methyl sites for hydroxylation is 1. The summed E-state index contributed by atoms with van der Waals surface area (Å²) >= 11 is 0. The van der Waals surface area contributed by atoms with Gasteiger partial charge in [0.25, 0.3) is 0 Å². The van der Waals surface area contributed by atoms with Crippen LogP contribution in [0.1, 0.15) is 24.0 Å². The van der Waals surface area contributed by atoms with Crippen molar-refractivity contribution in [2.75, 3.05) is 6.54 Å². The number of amides is 1. The summed E-state index contributed by atoms with van der Waals surface area (Å²) in [5.41, 5.74) is 7.05. The lowest BCUT2D eigenvalue weighted by Crippen LogP contribution is -2.48. The Kier molecular flexibility index (Phi) is 2.49. The molecule has 3 nitrogen and oxygen atoms in total. The van der Waals surface area contributed by atoms with Crippen molar-refractivity contribution in [3.8, 4) is 0 Å². The first-order valence-electron chi connectivity index (χ1n) is 5.27. The van der Waals surface area contributed by atoms with Crippen molar-refractivity contribution in [3.63, 3.8) is 0 Å². The zero-order valence-electron chi connectivity index (χ0n) is 8.92. The molecule has 0 aromatic heterocycles. The predicted molar refractivity (Wildman–Crippen MR) is 59.3 cm³/mol. The Morgan fingerprint density at radius 2 is 2.07 bits per heavy atom. The molecule has 1 atom stereocenters. The van der Waals surface area contributed by atoms with Gasteiger partial charge < -0.3 is 5.73 Å². The number of carbonyl (C=O) groups is 1. The lowest BCUT2D eigenvalue weighted by Gasteiger charge is -2.26. The van der Waals surface area contributed by atoms with E-state index in [-0.39, 0.29) is 5.91 Å². The van der Waals surface area contributed by atoms with E-state index in [1.165, 1.54) is 5.56 Å². The van der Waals surface area contributed by atoms with Crippen LogP contribution < -0.4 is 11.1 Å². The van der Waals surface area contributed by atoms with Crippen LogP contribution in [-0.4, -0.2) is 12.5 Å². The quantitative estimate of drug-likeness (QED) is 0.756. The molecule has 2 rings (SSSR count). The molecule has 0 spiro atoms. The first kappa shape index (κ1) is 10.2. The third-order valence-electron chi connectivity index (χ3n) is 3.12. The molecule has 1 fully saturated rings. The minimum Gasteiger partial charge on any atom is -0.368 e. The first-order chi connectivity index (χ1) is 7.15. The molecule has 1 aromatic carbocycles. The Bertz CT molecular complexity index is 364. The molecule has 1 unspecified atom stereocenters. The Hall–Kier alpha value is -1.35. The molecule has 1 heterocycles. The van der Waals surface area contributed by atoms with Crippen molar-refractivity contribution >= 4 is 5.91 Å². The second-order valence-electron chi connectivity index (χ2n) is 4.17. The van der Waals surface area contributed by atoms with Crippen molar-refractivity contribution in [3.05, 3.63) is 35.4 Å². The number of primary amides is 1. The standard InChI is InChI=1S/C12H16N2O/c1-9-3-5-10(6-4-9)12(11(13)15)7-2-8-14-12/h3-6,14H,2,7-8H2,1H3,(H2,13,15). The highest BCUT2D eigenvalue weighted by molar-refractivity contribution is 5.86. The maximum absolute atomic E-state index is 11.6. The maximum atomic E-state index is 11.6. The number of hydrogen-bond acceptors (Lipinski definition) is 2. The van der Waals surface area contributed by atoms with Crippen LogP contribution in [-0.2, 0) is 10.3 Å². The molecule has 1 aliphatic rings. The van der Waals surface area contributed by atoms with Gasteiger partial charge in [0.1, 0.15) is 5.54 Å². The van der Waals surface area contributed by atoms with E-state index in [1.807, 2.05) is 31.2 Å². The number of nitrogens with two attached hydrogens (primary N) is 1. The third-order valence-corrected chi connectivity index (χ3v) is 3.12. The van der Waals surface area contributed by atoms with Gasteiger partial charge in [0, 0.05) is 0 Å². The summed E-state index contributed by atoms with van der Waals surface area (Å²) < 4.78 is 0. The van der Waals surface area contributed by atoms with Crippen molar-refractivity contribution in [1.29, 1.82) is 0 Å². The monoisotopic (exact) mass is 204 g/mol. The van der Waals surface area contributed by atoms with Gasteiger partial charge in [-0.25, -0.2) is 0 Å². The summed E-state index contributed by atoms with van der Waals surface area (Å²) in [5, 5.41) is 3.23. The van der Waals surface area contributed by atoms with Gasteiger partial charge in [-0.3, -0.25) is 10.1 Å². The van der Waals surface area contributed by atoms with Gasteiger partial charge in [0.2, 0.25) is 5.91 Å². The van der Waals surface area contributed by atoms with Crippen LogP contribution in [0.25, 0.3) is 0 Å². The number of hydrogen-bond donors (Lipinski definition) is 2. The van der Waals surface area contributed by atoms with Gasteiger partial charge >= 0.3 is 0 Å². The summed E-state index contributed by atoms with van der Waals surface area (Å²) in [6.45, 7) is 2.89. The van der Waals surface area contributed by atoms with Gasteiger partial charge in [-0.15, -0.1) is 0 Å². The van der Waals surface area contributed by atoms with Crippen molar-refractivity contribution in [2.45, 2.75) is 25.3 Å². The van der Waals surface area contributed by atoms with Crippen LogP contribution in [0.15, 0.2) is 24.3 Å². The maximum Gasteiger partial charge on any atom is 0.242 e. The average Bonchev–Trinajstić information content (AvgIpc) is 2.69. The zero-order valence-corrected chi connectivity index (χ0v) is 8.92. The molecular weight excluding hydrogens is 188 g/mol. The summed E-state index contributed by atoms with van der Waals surface area (Å²) in [4.78, 5) is 11.6. The summed E-state index contributed by atoms with van der Waals surface area (Å²) in [6.07, 6.45) is 1.79. The molecule has 80 valence electrons. The molecule has 1 aromatic rings. The Morgan fingerprint density at radius 1 is 1.40 bits per heavy atom.